The molecule has 0 heterocycles. The molecule has 0 amide bonds. The predicted molar refractivity (Wildman–Crippen MR) is 72.2 cm³/mol. The lowest BCUT2D eigenvalue weighted by atomic mass is 10.1. The topological polar surface area (TPSA) is 12.0 Å². The summed E-state index contributed by atoms with van der Waals surface area (Å²) in [5.41, 5.74) is 1.24. The van der Waals surface area contributed by atoms with Crippen LogP contribution >= 0.6 is 11.8 Å². The van der Waals surface area contributed by atoms with Crippen molar-refractivity contribution in [2.45, 2.75) is 36.6 Å². The van der Waals surface area contributed by atoms with Crippen molar-refractivity contribution < 1.29 is 8.78 Å². The number of rotatable bonds is 5. The summed E-state index contributed by atoms with van der Waals surface area (Å²) in [6.07, 6.45) is 0.801. The number of hydrogen-bond acceptors (Lipinski definition) is 2. The quantitative estimate of drug-likeness (QED) is 0.814. The maximum Gasteiger partial charge on any atom is 0.248 e. The van der Waals surface area contributed by atoms with E-state index in [0.717, 1.165) is 12.3 Å². The van der Waals surface area contributed by atoms with Crippen LogP contribution in [0.3, 0.4) is 0 Å². The Hall–Kier alpha value is -0.610. The van der Waals surface area contributed by atoms with Gasteiger partial charge in [0.05, 0.1) is 0 Å². The first-order valence-corrected chi connectivity index (χ1v) is 7.32. The van der Waals surface area contributed by atoms with Crippen LogP contribution in [-0.4, -0.2) is 18.7 Å². The Bertz CT molecular complexity index is 378. The summed E-state index contributed by atoms with van der Waals surface area (Å²) in [6, 6.07) is 8.32. The van der Waals surface area contributed by atoms with E-state index < -0.39 is 5.92 Å². The highest BCUT2D eigenvalue weighted by Crippen LogP contribution is 2.40. The summed E-state index contributed by atoms with van der Waals surface area (Å²) >= 11 is 1.69. The highest BCUT2D eigenvalue weighted by atomic mass is 32.2. The van der Waals surface area contributed by atoms with Crippen molar-refractivity contribution in [2.24, 2.45) is 5.92 Å². The first-order valence-electron chi connectivity index (χ1n) is 6.33. The minimum absolute atomic E-state index is 0.0673. The lowest BCUT2D eigenvalue weighted by Gasteiger charge is -2.10. The summed E-state index contributed by atoms with van der Waals surface area (Å²) in [5.74, 6) is -1.44. The molecule has 0 aromatic heterocycles. The van der Waals surface area contributed by atoms with Gasteiger partial charge in [0, 0.05) is 30.0 Å². The smallest absolute Gasteiger partial charge is 0.248 e. The zero-order valence-electron chi connectivity index (χ0n) is 10.6. The Kier molecular flexibility index (Phi) is 4.62. The Morgan fingerprint density at radius 3 is 2.61 bits per heavy atom. The van der Waals surface area contributed by atoms with E-state index in [1.807, 2.05) is 7.05 Å². The predicted octanol–water partition coefficient (Wildman–Crippen LogP) is 3.93. The lowest BCUT2D eigenvalue weighted by Crippen LogP contribution is -2.10. The number of halogens is 2. The molecule has 100 valence electrons. The van der Waals surface area contributed by atoms with Crippen LogP contribution in [0.1, 0.15) is 24.8 Å². The van der Waals surface area contributed by atoms with E-state index in [1.165, 1.54) is 10.5 Å². The maximum absolute atomic E-state index is 13.0. The molecule has 1 saturated carbocycles. The number of benzene rings is 1. The normalized spacial score (nSPS) is 22.3. The fourth-order valence-corrected chi connectivity index (χ4v) is 3.35. The second-order valence-corrected chi connectivity index (χ2v) is 6.04. The van der Waals surface area contributed by atoms with E-state index in [2.05, 4.69) is 29.6 Å². The Morgan fingerprint density at radius 2 is 2.06 bits per heavy atom. The molecule has 0 aliphatic heterocycles. The standard InChI is InChI=1S/C14H19F2NS/c1-17-9-11-2-4-13(5-3-11)18-10-12-6-7-14(15,16)8-12/h2-5,12,17H,6-10H2,1H3. The zero-order chi connectivity index (χ0) is 13.0. The average Bonchev–Trinajstić information content (AvgIpc) is 2.69. The van der Waals surface area contributed by atoms with Gasteiger partial charge < -0.3 is 5.32 Å². The van der Waals surface area contributed by atoms with Crippen molar-refractivity contribution in [3.63, 3.8) is 0 Å². The Balaban J connectivity index is 1.80. The number of nitrogens with one attached hydrogen (secondary N) is 1. The van der Waals surface area contributed by atoms with Crippen molar-refractivity contribution in [3.05, 3.63) is 29.8 Å². The van der Waals surface area contributed by atoms with Crippen molar-refractivity contribution in [1.82, 2.24) is 5.32 Å². The third-order valence-electron chi connectivity index (χ3n) is 3.30. The molecule has 0 bridgehead atoms. The molecular formula is C14H19F2NS. The molecule has 1 aliphatic carbocycles. The third kappa shape index (κ3) is 3.95. The molecule has 18 heavy (non-hydrogen) atoms. The first-order chi connectivity index (χ1) is 8.59. The molecule has 0 radical (unpaired) electrons. The van der Waals surface area contributed by atoms with Crippen molar-refractivity contribution in [3.8, 4) is 0 Å². The monoisotopic (exact) mass is 271 g/mol. The van der Waals surface area contributed by atoms with Crippen LogP contribution in [0.5, 0.6) is 0 Å². The molecule has 1 aromatic rings. The maximum atomic E-state index is 13.0. The van der Waals surface area contributed by atoms with Gasteiger partial charge in [-0.2, -0.15) is 0 Å². The molecule has 1 atom stereocenters. The number of alkyl halides is 2. The zero-order valence-corrected chi connectivity index (χ0v) is 11.4. The van der Waals surface area contributed by atoms with Gasteiger partial charge in [0.25, 0.3) is 0 Å². The van der Waals surface area contributed by atoms with Crippen molar-refractivity contribution in [2.75, 3.05) is 12.8 Å². The summed E-state index contributed by atoms with van der Waals surface area (Å²) in [7, 11) is 1.92. The van der Waals surface area contributed by atoms with E-state index in [4.69, 9.17) is 0 Å². The molecule has 1 aliphatic rings. The van der Waals surface area contributed by atoms with Crippen LogP contribution < -0.4 is 5.32 Å². The molecule has 2 rings (SSSR count). The van der Waals surface area contributed by atoms with Crippen LogP contribution in [-0.2, 0) is 6.54 Å². The highest BCUT2D eigenvalue weighted by molar-refractivity contribution is 7.99. The molecular weight excluding hydrogens is 252 g/mol. The van der Waals surface area contributed by atoms with Crippen LogP contribution in [0.15, 0.2) is 29.2 Å². The molecule has 0 saturated heterocycles. The second-order valence-electron chi connectivity index (χ2n) is 4.95. The lowest BCUT2D eigenvalue weighted by molar-refractivity contribution is 0.00596. The summed E-state index contributed by atoms with van der Waals surface area (Å²) < 4.78 is 26.1. The summed E-state index contributed by atoms with van der Waals surface area (Å²) in [6.45, 7) is 0.861. The van der Waals surface area contributed by atoms with Gasteiger partial charge in [-0.1, -0.05) is 12.1 Å². The summed E-state index contributed by atoms with van der Waals surface area (Å²) in [5, 5.41) is 3.10. The van der Waals surface area contributed by atoms with E-state index in [-0.39, 0.29) is 18.8 Å². The van der Waals surface area contributed by atoms with Gasteiger partial charge in [-0.25, -0.2) is 8.78 Å². The van der Waals surface area contributed by atoms with E-state index in [0.29, 0.717) is 6.42 Å². The van der Waals surface area contributed by atoms with Gasteiger partial charge in [0.2, 0.25) is 5.92 Å². The Labute approximate surface area is 111 Å². The van der Waals surface area contributed by atoms with Gasteiger partial charge >= 0.3 is 0 Å². The molecule has 0 spiro atoms. The highest BCUT2D eigenvalue weighted by Gasteiger charge is 2.39. The van der Waals surface area contributed by atoms with Crippen LogP contribution in [0.25, 0.3) is 0 Å². The molecule has 4 heteroatoms. The average molecular weight is 271 g/mol. The molecule has 1 unspecified atom stereocenters. The largest absolute Gasteiger partial charge is 0.316 e. The minimum atomic E-state index is -2.41. The third-order valence-corrected chi connectivity index (χ3v) is 4.54. The Morgan fingerprint density at radius 1 is 1.33 bits per heavy atom. The second kappa shape index (κ2) is 6.02. The van der Waals surface area contributed by atoms with Gasteiger partial charge in [-0.15, -0.1) is 11.8 Å². The van der Waals surface area contributed by atoms with Crippen LogP contribution in [0.2, 0.25) is 0 Å². The van der Waals surface area contributed by atoms with Gasteiger partial charge in [0.15, 0.2) is 0 Å². The van der Waals surface area contributed by atoms with Crippen LogP contribution in [0.4, 0.5) is 8.78 Å². The van der Waals surface area contributed by atoms with Crippen LogP contribution in [0, 0.1) is 5.92 Å². The van der Waals surface area contributed by atoms with E-state index in [1.54, 1.807) is 11.8 Å². The molecule has 1 aromatic carbocycles. The fraction of sp³-hybridized carbons (Fsp3) is 0.571. The molecule has 1 nitrogen and oxygen atoms in total. The number of hydrogen-bond donors (Lipinski definition) is 1. The summed E-state index contributed by atoms with van der Waals surface area (Å²) in [4.78, 5) is 1.17. The molecule has 1 N–H and O–H groups in total. The van der Waals surface area contributed by atoms with Gasteiger partial charge in [-0.05, 0) is 37.1 Å². The first kappa shape index (κ1) is 13.8. The fourth-order valence-electron chi connectivity index (χ4n) is 2.31. The SMILES string of the molecule is CNCc1ccc(SCC2CCC(F)(F)C2)cc1. The van der Waals surface area contributed by atoms with Gasteiger partial charge in [-0.3, -0.25) is 0 Å². The van der Waals surface area contributed by atoms with E-state index in [9.17, 15) is 8.78 Å². The molecule has 1 fully saturated rings. The van der Waals surface area contributed by atoms with Gasteiger partial charge in [0.1, 0.15) is 0 Å². The van der Waals surface area contributed by atoms with Crippen molar-refractivity contribution >= 4 is 11.8 Å². The minimum Gasteiger partial charge on any atom is -0.316 e. The van der Waals surface area contributed by atoms with E-state index >= 15 is 0 Å². The number of thioether (sulfide) groups is 1. The van der Waals surface area contributed by atoms with Crippen molar-refractivity contribution in [1.29, 1.82) is 0 Å².